The quantitative estimate of drug-likeness (QED) is 0.446. The van der Waals surface area contributed by atoms with Crippen molar-refractivity contribution < 1.29 is 14.6 Å². The molecule has 0 spiro atoms. The number of aliphatic hydroxyl groups excluding tert-OH is 1. The van der Waals surface area contributed by atoms with Crippen LogP contribution in [0.4, 0.5) is 0 Å². The minimum atomic E-state index is -1.21. The lowest BCUT2D eigenvalue weighted by atomic mass is 10.2. The molecule has 5 heteroatoms. The number of carbonyl (C=O) groups is 1. The molecule has 0 heterocycles. The number of halogens is 1. The zero-order chi connectivity index (χ0) is 8.15. The van der Waals surface area contributed by atoms with Gasteiger partial charge in [0, 0.05) is 0 Å². The Balaban J connectivity index is 3.81. The molecule has 0 aliphatic carbocycles. The van der Waals surface area contributed by atoms with Crippen molar-refractivity contribution in [2.75, 3.05) is 7.11 Å². The molecule has 1 unspecified atom stereocenters. The Hall–Kier alpha value is -0.320. The fourth-order valence-electron chi connectivity index (χ4n) is 0.385. The van der Waals surface area contributed by atoms with E-state index in [4.69, 9.17) is 16.9 Å². The number of ether oxygens (including phenoxy) is 1. The maximum Gasteiger partial charge on any atom is 0.336 e. The highest BCUT2D eigenvalue weighted by Crippen LogP contribution is 1.95. The van der Waals surface area contributed by atoms with Crippen molar-refractivity contribution in [1.29, 1.82) is 0 Å². The summed E-state index contributed by atoms with van der Waals surface area (Å²) in [6.45, 7) is 1.56. The van der Waals surface area contributed by atoms with Crippen LogP contribution in [0, 0.1) is 0 Å². The molecule has 0 fully saturated rings. The van der Waals surface area contributed by atoms with Crippen molar-refractivity contribution in [3.63, 3.8) is 0 Å². The lowest BCUT2D eigenvalue weighted by Gasteiger charge is -2.13. The fourth-order valence-corrected chi connectivity index (χ4v) is 0.504. The van der Waals surface area contributed by atoms with Crippen molar-refractivity contribution in [2.45, 2.75) is 19.1 Å². The van der Waals surface area contributed by atoms with Gasteiger partial charge in [0.1, 0.15) is 0 Å². The Kier molecular flexibility index (Phi) is 4.34. The summed E-state index contributed by atoms with van der Waals surface area (Å²) in [6.07, 6.45) is -1.21. The molecule has 0 saturated heterocycles. The molecule has 10 heavy (non-hydrogen) atoms. The van der Waals surface area contributed by atoms with Gasteiger partial charge in [0.2, 0.25) is 0 Å². The highest BCUT2D eigenvalue weighted by molar-refractivity contribution is 6.13. The maximum atomic E-state index is 10.5. The Labute approximate surface area is 64.2 Å². The van der Waals surface area contributed by atoms with E-state index in [0.29, 0.717) is 0 Å². The predicted octanol–water partition coefficient (Wildman–Crippen LogP) is -0.348. The van der Waals surface area contributed by atoms with Crippen LogP contribution in [-0.4, -0.2) is 30.3 Å². The highest BCUT2D eigenvalue weighted by Gasteiger charge is 2.21. The number of nitrogens with one attached hydrogen (secondary N) is 1. The number of hydrogen-bond acceptors (Lipinski definition) is 4. The Morgan fingerprint density at radius 1 is 1.80 bits per heavy atom. The van der Waals surface area contributed by atoms with Crippen LogP contribution >= 0.6 is 11.8 Å². The number of hydrogen-bond donors (Lipinski definition) is 2. The minimum absolute atomic E-state index is 0.505. The van der Waals surface area contributed by atoms with Crippen LogP contribution in [0.1, 0.15) is 6.92 Å². The number of aliphatic hydroxyl groups is 1. The van der Waals surface area contributed by atoms with Crippen molar-refractivity contribution >= 4 is 17.7 Å². The third-order valence-corrected chi connectivity index (χ3v) is 1.43. The van der Waals surface area contributed by atoms with E-state index in [1.165, 1.54) is 7.11 Å². The van der Waals surface area contributed by atoms with Crippen LogP contribution in [-0.2, 0) is 9.53 Å². The second-order valence-corrected chi connectivity index (χ2v) is 2.08. The molecule has 0 aromatic carbocycles. The normalized spacial score (nSPS) is 16.0. The molecule has 0 saturated carbocycles. The fraction of sp³-hybridized carbons (Fsp3) is 0.800. The first-order valence-electron chi connectivity index (χ1n) is 2.75. The van der Waals surface area contributed by atoms with Gasteiger partial charge in [-0.3, -0.25) is 0 Å². The molecule has 4 nitrogen and oxygen atoms in total. The molecule has 2 N–H and O–H groups in total. The zero-order valence-corrected chi connectivity index (χ0v) is 6.55. The molecule has 2 atom stereocenters. The van der Waals surface area contributed by atoms with Gasteiger partial charge in [-0.2, -0.15) is 0 Å². The van der Waals surface area contributed by atoms with Crippen LogP contribution in [0.25, 0.3) is 0 Å². The molecule has 0 bridgehead atoms. The van der Waals surface area contributed by atoms with Crippen molar-refractivity contribution in [3.05, 3.63) is 0 Å². The summed E-state index contributed by atoms with van der Waals surface area (Å²) in [7, 11) is 1.20. The van der Waals surface area contributed by atoms with Gasteiger partial charge in [0.25, 0.3) is 0 Å². The second kappa shape index (κ2) is 4.49. The minimum Gasteiger partial charge on any atom is -0.467 e. The summed E-state index contributed by atoms with van der Waals surface area (Å²) in [6, 6.07) is -0.505. The molecular formula is C5H10ClNO3. The number of methoxy groups -OCH3 is 1. The molecular weight excluding hydrogens is 158 g/mol. The van der Waals surface area contributed by atoms with Gasteiger partial charge in [-0.1, -0.05) is 0 Å². The predicted molar refractivity (Wildman–Crippen MR) is 36.5 cm³/mol. The maximum absolute atomic E-state index is 10.5. The average molecular weight is 168 g/mol. The van der Waals surface area contributed by atoms with Crippen LogP contribution in [0.3, 0.4) is 0 Å². The molecule has 0 aromatic rings. The van der Waals surface area contributed by atoms with E-state index in [0.717, 1.165) is 0 Å². The van der Waals surface area contributed by atoms with Crippen molar-refractivity contribution in [2.24, 2.45) is 0 Å². The third-order valence-electron chi connectivity index (χ3n) is 1.09. The molecule has 0 aliphatic heterocycles. The number of esters is 1. The van der Waals surface area contributed by atoms with E-state index >= 15 is 0 Å². The summed E-state index contributed by atoms with van der Waals surface area (Å²) >= 11 is 5.13. The first kappa shape index (κ1) is 9.68. The van der Waals surface area contributed by atoms with Crippen molar-refractivity contribution in [1.82, 2.24) is 4.84 Å². The summed E-state index contributed by atoms with van der Waals surface area (Å²) in [5, 5.41) is 8.96. The van der Waals surface area contributed by atoms with E-state index in [-0.39, 0.29) is 0 Å². The smallest absolute Gasteiger partial charge is 0.336 e. The van der Waals surface area contributed by atoms with Gasteiger partial charge < -0.3 is 9.84 Å². The number of rotatable bonds is 3. The van der Waals surface area contributed by atoms with Gasteiger partial charge in [-0.25, -0.2) is 9.63 Å². The van der Waals surface area contributed by atoms with E-state index in [1.807, 2.05) is 0 Å². The monoisotopic (exact) mass is 167 g/mol. The molecule has 0 aromatic heterocycles. The van der Waals surface area contributed by atoms with Crippen LogP contribution < -0.4 is 4.84 Å². The van der Waals surface area contributed by atoms with Crippen molar-refractivity contribution in [3.8, 4) is 0 Å². The second-order valence-electron chi connectivity index (χ2n) is 1.87. The van der Waals surface area contributed by atoms with Gasteiger partial charge in [-0.05, 0) is 18.7 Å². The Morgan fingerprint density at radius 2 is 2.30 bits per heavy atom. The molecule has 0 radical (unpaired) electrons. The SMILES string of the molecule is COC(=O)C(O)[C@H](C)NCl. The molecule has 0 aliphatic rings. The Bertz CT molecular complexity index is 119. The first-order valence-corrected chi connectivity index (χ1v) is 3.13. The average Bonchev–Trinajstić information content (AvgIpc) is 2.00. The lowest BCUT2D eigenvalue weighted by molar-refractivity contribution is -0.151. The lowest BCUT2D eigenvalue weighted by Crippen LogP contribution is -2.38. The van der Waals surface area contributed by atoms with E-state index in [2.05, 4.69) is 9.57 Å². The van der Waals surface area contributed by atoms with E-state index < -0.39 is 18.1 Å². The van der Waals surface area contributed by atoms with Gasteiger partial charge in [0.05, 0.1) is 13.2 Å². The van der Waals surface area contributed by atoms with Crippen LogP contribution in [0.2, 0.25) is 0 Å². The van der Waals surface area contributed by atoms with Gasteiger partial charge >= 0.3 is 5.97 Å². The van der Waals surface area contributed by atoms with Crippen LogP contribution in [0.15, 0.2) is 0 Å². The number of carbonyl (C=O) groups excluding carboxylic acids is 1. The summed E-state index contributed by atoms with van der Waals surface area (Å²) < 4.78 is 4.25. The molecule has 0 rings (SSSR count). The first-order chi connectivity index (χ1) is 4.63. The summed E-state index contributed by atoms with van der Waals surface area (Å²) in [5.74, 6) is -0.694. The van der Waals surface area contributed by atoms with E-state index in [9.17, 15) is 4.79 Å². The largest absolute Gasteiger partial charge is 0.467 e. The zero-order valence-electron chi connectivity index (χ0n) is 5.80. The van der Waals surface area contributed by atoms with Gasteiger partial charge in [0.15, 0.2) is 6.10 Å². The Morgan fingerprint density at radius 3 is 2.60 bits per heavy atom. The highest BCUT2D eigenvalue weighted by atomic mass is 35.5. The standard InChI is InChI=1S/C5H10ClNO3/c1-3(7-6)4(8)5(9)10-2/h3-4,7-8H,1-2H3/t3-,4?/m0/s1. The van der Waals surface area contributed by atoms with E-state index in [1.54, 1.807) is 6.92 Å². The summed E-state index contributed by atoms with van der Waals surface area (Å²) in [4.78, 5) is 12.7. The van der Waals surface area contributed by atoms with Crippen LogP contribution in [0.5, 0.6) is 0 Å². The van der Waals surface area contributed by atoms with Gasteiger partial charge in [-0.15, -0.1) is 0 Å². The molecule has 0 amide bonds. The molecule has 60 valence electrons. The third kappa shape index (κ3) is 2.51. The topological polar surface area (TPSA) is 58.6 Å². The summed E-state index contributed by atoms with van der Waals surface area (Å²) in [5.41, 5.74) is 0.